The van der Waals surface area contributed by atoms with E-state index in [2.05, 4.69) is 17.0 Å². The monoisotopic (exact) mass is 254 g/mol. The lowest BCUT2D eigenvalue weighted by atomic mass is 10.6. The Morgan fingerprint density at radius 3 is 2.40 bits per heavy atom. The number of sulfonamides is 1. The first-order valence-corrected chi connectivity index (χ1v) is 6.18. The first-order valence-electron chi connectivity index (χ1n) is 4.16. The van der Waals surface area contributed by atoms with Gasteiger partial charge in [-0.15, -0.1) is 0 Å². The Balaban J connectivity index is 4.66. The van der Waals surface area contributed by atoms with E-state index < -0.39 is 21.7 Å². The Morgan fingerprint density at radius 2 is 2.07 bits per heavy atom. The zero-order valence-electron chi connectivity index (χ0n) is 8.60. The summed E-state index contributed by atoms with van der Waals surface area (Å²) in [5, 5.41) is 0. The second kappa shape index (κ2) is 5.99. The highest BCUT2D eigenvalue weighted by Crippen LogP contribution is 2.01. The van der Waals surface area contributed by atoms with Crippen LogP contribution in [0.3, 0.4) is 0 Å². The molecule has 88 valence electrons. The molecule has 0 fully saturated rings. The predicted molar refractivity (Wildman–Crippen MR) is 59.8 cm³/mol. The number of carbonyl (C=O) groups excluding carboxylic acids is 1. The zero-order chi connectivity index (χ0) is 12.1. The van der Waals surface area contributed by atoms with Crippen LogP contribution in [-0.2, 0) is 19.6 Å². The number of esters is 1. The highest BCUT2D eigenvalue weighted by Gasteiger charge is 2.23. The van der Waals surface area contributed by atoms with Gasteiger partial charge in [-0.1, -0.05) is 19.1 Å². The van der Waals surface area contributed by atoms with Gasteiger partial charge < -0.3 is 10.5 Å². The average Bonchev–Trinajstić information content (AvgIpc) is 2.11. The summed E-state index contributed by atoms with van der Waals surface area (Å²) < 4.78 is 28.5. The van der Waals surface area contributed by atoms with Gasteiger partial charge in [-0.3, -0.25) is 4.79 Å². The van der Waals surface area contributed by atoms with Crippen molar-refractivity contribution in [2.24, 2.45) is 5.73 Å². The third-order valence-corrected chi connectivity index (χ3v) is 3.78. The number of likely N-dealkylation sites (N-methyl/N-ethyl adjacent to an activating group) is 1. The Hall–Kier alpha value is -0.730. The van der Waals surface area contributed by atoms with Gasteiger partial charge in [0.2, 0.25) is 10.0 Å². The number of hydrogen-bond acceptors (Lipinski definition) is 5. The molecule has 0 aliphatic carbocycles. The lowest BCUT2D eigenvalue weighted by molar-refractivity contribution is -0.140. The Bertz CT molecular complexity index is 339. The largest absolute Gasteiger partial charge is 0.468 e. The van der Waals surface area contributed by atoms with E-state index >= 15 is 0 Å². The van der Waals surface area contributed by atoms with Crippen LogP contribution < -0.4 is 5.73 Å². The molecule has 6 nitrogen and oxygen atoms in total. The van der Waals surface area contributed by atoms with Gasteiger partial charge in [0.15, 0.2) is 0 Å². The number of nitrogens with zero attached hydrogens (tertiary/aromatic N) is 1. The van der Waals surface area contributed by atoms with Gasteiger partial charge in [-0.2, -0.15) is 4.31 Å². The summed E-state index contributed by atoms with van der Waals surface area (Å²) >= 11 is 4.51. The van der Waals surface area contributed by atoms with Gasteiger partial charge >= 0.3 is 5.97 Å². The number of ether oxygens (including phenoxy) is 1. The van der Waals surface area contributed by atoms with Crippen molar-refractivity contribution in [2.45, 2.75) is 6.92 Å². The molecule has 0 spiro atoms. The van der Waals surface area contributed by atoms with Crippen LogP contribution in [0, 0.1) is 0 Å². The molecule has 0 bridgehead atoms. The van der Waals surface area contributed by atoms with Crippen molar-refractivity contribution in [1.82, 2.24) is 4.31 Å². The van der Waals surface area contributed by atoms with E-state index in [0.717, 1.165) is 4.31 Å². The van der Waals surface area contributed by atoms with E-state index in [1.54, 1.807) is 6.92 Å². The highest BCUT2D eigenvalue weighted by atomic mass is 32.2. The summed E-state index contributed by atoms with van der Waals surface area (Å²) in [6.07, 6.45) is 0. The third-order valence-electron chi connectivity index (χ3n) is 1.60. The molecule has 0 aromatic carbocycles. The summed E-state index contributed by atoms with van der Waals surface area (Å²) in [5.74, 6) is -1.06. The number of rotatable bonds is 6. The van der Waals surface area contributed by atoms with Gasteiger partial charge in [0, 0.05) is 6.54 Å². The van der Waals surface area contributed by atoms with Crippen LogP contribution in [0.2, 0.25) is 0 Å². The van der Waals surface area contributed by atoms with Crippen LogP contribution in [0.25, 0.3) is 0 Å². The maximum atomic E-state index is 11.6. The van der Waals surface area contributed by atoms with Crippen molar-refractivity contribution < 1.29 is 17.9 Å². The van der Waals surface area contributed by atoms with Gasteiger partial charge in [0.1, 0.15) is 12.3 Å². The lowest BCUT2D eigenvalue weighted by Gasteiger charge is -2.18. The molecule has 0 heterocycles. The summed E-state index contributed by atoms with van der Waals surface area (Å²) in [6, 6.07) is 0. The first kappa shape index (κ1) is 14.3. The molecule has 15 heavy (non-hydrogen) atoms. The Kier molecular flexibility index (Phi) is 5.69. The van der Waals surface area contributed by atoms with Crippen LogP contribution in [-0.4, -0.2) is 49.6 Å². The standard InChI is InChI=1S/C7H14N2O4S2/c1-3-9(4-7(10)13-2)15(11,12)5-6(8)14/h3-5H2,1-2H3,(H2,8,14). The minimum atomic E-state index is -3.61. The molecule has 0 amide bonds. The van der Waals surface area contributed by atoms with Crippen molar-refractivity contribution >= 4 is 33.2 Å². The summed E-state index contributed by atoms with van der Waals surface area (Å²) in [5.41, 5.74) is 5.14. The molecule has 0 aromatic rings. The minimum absolute atomic E-state index is 0.127. The number of hydrogen-bond donors (Lipinski definition) is 1. The molecule has 0 atom stereocenters. The molecule has 8 heteroatoms. The molecule has 0 saturated heterocycles. The first-order chi connectivity index (χ1) is 6.83. The molecule has 0 unspecified atom stereocenters. The smallest absolute Gasteiger partial charge is 0.321 e. The van der Waals surface area contributed by atoms with Crippen molar-refractivity contribution in [3.63, 3.8) is 0 Å². The second-order valence-corrected chi connectivity index (χ2v) is 5.22. The SMILES string of the molecule is CCN(CC(=O)OC)S(=O)(=O)CC(N)=S. The maximum absolute atomic E-state index is 11.6. The molecule has 0 rings (SSSR count). The Morgan fingerprint density at radius 1 is 1.53 bits per heavy atom. The predicted octanol–water partition coefficient (Wildman–Crippen LogP) is -0.903. The van der Waals surface area contributed by atoms with Crippen molar-refractivity contribution in [3.8, 4) is 0 Å². The fraction of sp³-hybridized carbons (Fsp3) is 0.714. The van der Waals surface area contributed by atoms with Crippen molar-refractivity contribution in [3.05, 3.63) is 0 Å². The fourth-order valence-corrected chi connectivity index (χ4v) is 2.57. The topological polar surface area (TPSA) is 89.7 Å². The molecule has 0 saturated carbocycles. The molecule has 2 N–H and O–H groups in total. The molecule has 0 aliphatic rings. The number of thiocarbonyl (C=S) groups is 1. The number of carbonyl (C=O) groups is 1. The lowest BCUT2D eigenvalue weighted by Crippen LogP contribution is -2.40. The quantitative estimate of drug-likeness (QED) is 0.488. The van der Waals surface area contributed by atoms with E-state index in [4.69, 9.17) is 5.73 Å². The van der Waals surface area contributed by atoms with Crippen LogP contribution in [0.4, 0.5) is 0 Å². The molecule has 0 radical (unpaired) electrons. The van der Waals surface area contributed by atoms with Gasteiger partial charge in [-0.05, 0) is 0 Å². The Labute approximate surface area is 94.4 Å². The average molecular weight is 254 g/mol. The van der Waals surface area contributed by atoms with Gasteiger partial charge in [0.05, 0.1) is 12.1 Å². The summed E-state index contributed by atoms with van der Waals surface area (Å²) in [4.78, 5) is 10.8. The van der Waals surface area contributed by atoms with E-state index in [9.17, 15) is 13.2 Å². The van der Waals surface area contributed by atoms with Gasteiger partial charge in [0.25, 0.3) is 0 Å². The van der Waals surface area contributed by atoms with E-state index in [0.29, 0.717) is 0 Å². The van der Waals surface area contributed by atoms with Crippen LogP contribution in [0.15, 0.2) is 0 Å². The van der Waals surface area contributed by atoms with Crippen LogP contribution in [0.5, 0.6) is 0 Å². The normalized spacial score (nSPS) is 11.4. The van der Waals surface area contributed by atoms with Gasteiger partial charge in [-0.25, -0.2) is 8.42 Å². The molecule has 0 aliphatic heterocycles. The molecular formula is C7H14N2O4S2. The molecular weight excluding hydrogens is 240 g/mol. The summed E-state index contributed by atoms with van der Waals surface area (Å²) in [6.45, 7) is 1.46. The van der Waals surface area contributed by atoms with E-state index in [-0.39, 0.29) is 18.1 Å². The van der Waals surface area contributed by atoms with Crippen LogP contribution in [0.1, 0.15) is 6.92 Å². The van der Waals surface area contributed by atoms with E-state index in [1.807, 2.05) is 0 Å². The second-order valence-electron chi connectivity index (χ2n) is 2.72. The van der Waals surface area contributed by atoms with E-state index in [1.165, 1.54) is 7.11 Å². The third kappa shape index (κ3) is 5.05. The van der Waals surface area contributed by atoms with Crippen molar-refractivity contribution in [2.75, 3.05) is 26.0 Å². The summed E-state index contributed by atoms with van der Waals surface area (Å²) in [7, 11) is -2.42. The molecule has 0 aromatic heterocycles. The van der Waals surface area contributed by atoms with Crippen LogP contribution >= 0.6 is 12.2 Å². The minimum Gasteiger partial charge on any atom is -0.468 e. The number of methoxy groups -OCH3 is 1. The highest BCUT2D eigenvalue weighted by molar-refractivity contribution is 7.92. The fourth-order valence-electron chi connectivity index (χ4n) is 0.886. The maximum Gasteiger partial charge on any atom is 0.321 e. The van der Waals surface area contributed by atoms with Crippen molar-refractivity contribution in [1.29, 1.82) is 0 Å². The zero-order valence-corrected chi connectivity index (χ0v) is 10.2. The number of nitrogens with two attached hydrogens (primary N) is 1.